The third kappa shape index (κ3) is 6.30. The minimum atomic E-state index is -1.26. The summed E-state index contributed by atoms with van der Waals surface area (Å²) in [5.74, 6) is -2.43. The molecule has 1 aromatic heterocycles. The maximum absolute atomic E-state index is 12.8. The molecule has 0 spiro atoms. The van der Waals surface area contributed by atoms with Crippen molar-refractivity contribution in [2.24, 2.45) is 7.05 Å². The molecule has 0 aliphatic carbocycles. The van der Waals surface area contributed by atoms with Crippen molar-refractivity contribution in [1.29, 1.82) is 0 Å². The number of nitrogens with one attached hydrogen (secondary N) is 1. The van der Waals surface area contributed by atoms with Gasteiger partial charge < -0.3 is 15.2 Å². The second-order valence-corrected chi connectivity index (χ2v) is 8.63. The van der Waals surface area contributed by atoms with E-state index in [1.54, 1.807) is 37.3 Å². The number of carboxylic acid groups (broad SMARTS) is 1. The Morgan fingerprint density at radius 2 is 1.75 bits per heavy atom. The molecule has 11 heteroatoms. The first-order chi connectivity index (χ1) is 17.1. The number of hydrogen-bond acceptors (Lipinski definition) is 6. The number of esters is 1. The van der Waals surface area contributed by atoms with Gasteiger partial charge in [-0.2, -0.15) is 5.10 Å². The molecular formula is C25H23Cl2N3O6. The zero-order valence-electron chi connectivity index (χ0n) is 19.5. The molecule has 1 heterocycles. The lowest BCUT2D eigenvalue weighted by molar-refractivity contribution is -0.142. The van der Waals surface area contributed by atoms with Crippen LogP contribution in [0.4, 0.5) is 0 Å². The standard InChI is InChI=1S/C25H23Cl2N3O6/c1-3-36-20(31)12-16-13-28-30(2)24(33)21(16)15-9-7-14(8-10-15)11-19(25(34)35)29-23(32)22-17(26)5-4-6-18(22)27/h4-10,13,19H,3,11-12H2,1-2H3,(H,29,32)(H,34,35). The van der Waals surface area contributed by atoms with Gasteiger partial charge in [0.1, 0.15) is 6.04 Å². The van der Waals surface area contributed by atoms with Gasteiger partial charge in [0.05, 0.1) is 40.4 Å². The number of amides is 1. The number of hydrogen-bond donors (Lipinski definition) is 2. The van der Waals surface area contributed by atoms with Gasteiger partial charge in [0.25, 0.3) is 11.5 Å². The number of nitrogens with zero attached hydrogens (tertiary/aromatic N) is 2. The van der Waals surface area contributed by atoms with E-state index in [1.807, 2.05) is 0 Å². The molecule has 0 saturated carbocycles. The Kier molecular flexibility index (Phi) is 8.84. The van der Waals surface area contributed by atoms with Gasteiger partial charge >= 0.3 is 11.9 Å². The minimum absolute atomic E-state index is 0.00917. The molecule has 3 rings (SSSR count). The molecule has 0 radical (unpaired) electrons. The van der Waals surface area contributed by atoms with Crippen molar-refractivity contribution in [2.75, 3.05) is 6.61 Å². The van der Waals surface area contributed by atoms with Crippen LogP contribution in [0.5, 0.6) is 0 Å². The lowest BCUT2D eigenvalue weighted by atomic mass is 9.97. The first-order valence-corrected chi connectivity index (χ1v) is 11.7. The van der Waals surface area contributed by atoms with Crippen LogP contribution in [-0.4, -0.2) is 45.4 Å². The Hall–Kier alpha value is -3.69. The highest BCUT2D eigenvalue weighted by Crippen LogP contribution is 2.25. The number of carboxylic acids is 1. The fourth-order valence-corrected chi connectivity index (χ4v) is 4.14. The Morgan fingerprint density at radius 3 is 2.33 bits per heavy atom. The molecule has 0 aliphatic rings. The van der Waals surface area contributed by atoms with Crippen LogP contribution < -0.4 is 10.9 Å². The molecule has 1 atom stereocenters. The summed E-state index contributed by atoms with van der Waals surface area (Å²) in [7, 11) is 1.50. The molecule has 0 aliphatic heterocycles. The summed E-state index contributed by atoms with van der Waals surface area (Å²) in [6.07, 6.45) is 1.29. The summed E-state index contributed by atoms with van der Waals surface area (Å²) in [6, 6.07) is 9.86. The van der Waals surface area contributed by atoms with Crippen molar-refractivity contribution in [3.8, 4) is 11.1 Å². The lowest BCUT2D eigenvalue weighted by Crippen LogP contribution is -2.42. The highest BCUT2D eigenvalue weighted by atomic mass is 35.5. The first-order valence-electron chi connectivity index (χ1n) is 10.9. The Morgan fingerprint density at radius 1 is 1.11 bits per heavy atom. The van der Waals surface area contributed by atoms with Gasteiger partial charge in [0.15, 0.2) is 0 Å². The maximum Gasteiger partial charge on any atom is 0.326 e. The van der Waals surface area contributed by atoms with E-state index in [1.165, 1.54) is 25.4 Å². The Bertz CT molecular complexity index is 1330. The number of aromatic nitrogens is 2. The van der Waals surface area contributed by atoms with Crippen LogP contribution >= 0.6 is 23.2 Å². The molecule has 36 heavy (non-hydrogen) atoms. The molecule has 1 unspecified atom stereocenters. The third-order valence-corrected chi connectivity index (χ3v) is 5.96. The van der Waals surface area contributed by atoms with Crippen LogP contribution in [0.2, 0.25) is 10.0 Å². The fourth-order valence-electron chi connectivity index (χ4n) is 3.57. The number of halogens is 2. The third-order valence-electron chi connectivity index (χ3n) is 5.33. The summed E-state index contributed by atoms with van der Waals surface area (Å²) in [5.41, 5.74) is 1.43. The van der Waals surface area contributed by atoms with E-state index < -0.39 is 29.4 Å². The average molecular weight is 532 g/mol. The van der Waals surface area contributed by atoms with Crippen LogP contribution in [0.1, 0.15) is 28.4 Å². The summed E-state index contributed by atoms with van der Waals surface area (Å²) in [4.78, 5) is 49.3. The van der Waals surface area contributed by atoms with E-state index in [4.69, 9.17) is 27.9 Å². The number of ether oxygens (including phenoxy) is 1. The normalized spacial score (nSPS) is 11.6. The number of carbonyl (C=O) groups is 3. The van der Waals surface area contributed by atoms with E-state index in [2.05, 4.69) is 10.4 Å². The molecule has 188 valence electrons. The van der Waals surface area contributed by atoms with E-state index in [0.717, 1.165) is 4.68 Å². The SMILES string of the molecule is CCOC(=O)Cc1cnn(C)c(=O)c1-c1ccc(CC(NC(=O)c2c(Cl)cccc2Cl)C(=O)O)cc1. The Balaban J connectivity index is 1.84. The van der Waals surface area contributed by atoms with Crippen LogP contribution in [0, 0.1) is 0 Å². The fraction of sp³-hybridized carbons (Fsp3) is 0.240. The monoisotopic (exact) mass is 531 g/mol. The van der Waals surface area contributed by atoms with Gasteiger partial charge in [0, 0.05) is 13.5 Å². The zero-order valence-corrected chi connectivity index (χ0v) is 21.0. The molecule has 9 nitrogen and oxygen atoms in total. The molecule has 2 aromatic carbocycles. The molecule has 2 N–H and O–H groups in total. The number of aliphatic carboxylic acids is 1. The minimum Gasteiger partial charge on any atom is -0.480 e. The second kappa shape index (κ2) is 11.8. The highest BCUT2D eigenvalue weighted by molar-refractivity contribution is 6.39. The zero-order chi connectivity index (χ0) is 26.4. The van der Waals surface area contributed by atoms with Crippen molar-refractivity contribution in [3.05, 3.63) is 85.8 Å². The van der Waals surface area contributed by atoms with Gasteiger partial charge in [-0.25, -0.2) is 9.48 Å². The summed E-state index contributed by atoms with van der Waals surface area (Å²) in [6.45, 7) is 1.90. The van der Waals surface area contributed by atoms with Gasteiger partial charge in [-0.1, -0.05) is 53.5 Å². The number of carbonyl (C=O) groups excluding carboxylic acids is 2. The molecule has 0 bridgehead atoms. The van der Waals surface area contributed by atoms with E-state index in [-0.39, 0.29) is 35.1 Å². The number of aryl methyl sites for hydroxylation is 1. The predicted molar refractivity (Wildman–Crippen MR) is 134 cm³/mol. The second-order valence-electron chi connectivity index (χ2n) is 7.82. The van der Waals surface area contributed by atoms with Crippen LogP contribution in [-0.2, 0) is 34.2 Å². The smallest absolute Gasteiger partial charge is 0.326 e. The summed E-state index contributed by atoms with van der Waals surface area (Å²) >= 11 is 12.1. The summed E-state index contributed by atoms with van der Waals surface area (Å²) in [5, 5.41) is 16.3. The highest BCUT2D eigenvalue weighted by Gasteiger charge is 2.24. The number of benzene rings is 2. The van der Waals surface area contributed by atoms with Crippen molar-refractivity contribution >= 4 is 41.0 Å². The van der Waals surface area contributed by atoms with Crippen LogP contribution in [0.25, 0.3) is 11.1 Å². The first kappa shape index (κ1) is 26.9. The van der Waals surface area contributed by atoms with Crippen molar-refractivity contribution in [2.45, 2.75) is 25.8 Å². The van der Waals surface area contributed by atoms with E-state index in [9.17, 15) is 24.3 Å². The molecule has 3 aromatic rings. The lowest BCUT2D eigenvalue weighted by Gasteiger charge is -2.16. The average Bonchev–Trinajstić information content (AvgIpc) is 2.82. The maximum atomic E-state index is 12.8. The van der Waals surface area contributed by atoms with Gasteiger partial charge in [0.2, 0.25) is 0 Å². The topological polar surface area (TPSA) is 128 Å². The molecule has 1 amide bonds. The van der Waals surface area contributed by atoms with Crippen molar-refractivity contribution in [1.82, 2.24) is 15.1 Å². The molecular weight excluding hydrogens is 509 g/mol. The largest absolute Gasteiger partial charge is 0.480 e. The quantitative estimate of drug-likeness (QED) is 0.405. The van der Waals surface area contributed by atoms with Gasteiger partial charge in [-0.05, 0) is 35.7 Å². The van der Waals surface area contributed by atoms with Gasteiger partial charge in [-0.15, -0.1) is 0 Å². The predicted octanol–water partition coefficient (Wildman–Crippen LogP) is 3.29. The van der Waals surface area contributed by atoms with Gasteiger partial charge in [-0.3, -0.25) is 14.4 Å². The Labute approximate surface area is 216 Å². The van der Waals surface area contributed by atoms with Crippen molar-refractivity contribution < 1.29 is 24.2 Å². The molecule has 0 saturated heterocycles. The summed E-state index contributed by atoms with van der Waals surface area (Å²) < 4.78 is 6.15. The van der Waals surface area contributed by atoms with E-state index in [0.29, 0.717) is 22.3 Å². The van der Waals surface area contributed by atoms with Crippen LogP contribution in [0.3, 0.4) is 0 Å². The number of rotatable bonds is 9. The van der Waals surface area contributed by atoms with Crippen molar-refractivity contribution in [3.63, 3.8) is 0 Å². The van der Waals surface area contributed by atoms with E-state index >= 15 is 0 Å². The van der Waals surface area contributed by atoms with Crippen LogP contribution in [0.15, 0.2) is 53.5 Å². The molecule has 0 fully saturated rings.